The first-order valence-electron chi connectivity index (χ1n) is 6.16. The maximum absolute atomic E-state index is 10.6. The summed E-state index contributed by atoms with van der Waals surface area (Å²) >= 11 is 0. The number of benzene rings is 1. The molecule has 3 nitrogen and oxygen atoms in total. The lowest BCUT2D eigenvalue weighted by molar-refractivity contribution is -0.131. The van der Waals surface area contributed by atoms with E-state index in [2.05, 4.69) is 19.9 Å². The van der Waals surface area contributed by atoms with Crippen LogP contribution in [0.4, 0.5) is 0 Å². The number of methoxy groups -OCH3 is 1. The van der Waals surface area contributed by atoms with Gasteiger partial charge in [0.15, 0.2) is 0 Å². The van der Waals surface area contributed by atoms with Gasteiger partial charge in [0.1, 0.15) is 5.75 Å². The Morgan fingerprint density at radius 3 is 2.58 bits per heavy atom. The minimum atomic E-state index is -0.964. The summed E-state index contributed by atoms with van der Waals surface area (Å²) in [5, 5.41) is 8.70. The van der Waals surface area contributed by atoms with Crippen molar-refractivity contribution in [1.82, 2.24) is 0 Å². The van der Waals surface area contributed by atoms with Gasteiger partial charge in [-0.1, -0.05) is 23.8 Å². The summed E-state index contributed by atoms with van der Waals surface area (Å²) < 4.78 is 5.45. The number of carboxylic acids is 1. The van der Waals surface area contributed by atoms with Crippen molar-refractivity contribution in [3.05, 3.63) is 46.5 Å². The predicted octanol–water partition coefficient (Wildman–Crippen LogP) is 3.61. The molecular weight excluding hydrogens is 240 g/mol. The third-order valence-corrected chi connectivity index (χ3v) is 2.85. The zero-order chi connectivity index (χ0) is 14.4. The molecule has 0 aliphatic carbocycles. The van der Waals surface area contributed by atoms with E-state index in [1.807, 2.05) is 19.1 Å². The molecule has 0 aliphatic heterocycles. The first-order chi connectivity index (χ1) is 8.95. The van der Waals surface area contributed by atoms with Gasteiger partial charge < -0.3 is 9.84 Å². The van der Waals surface area contributed by atoms with Crippen molar-refractivity contribution >= 4 is 12.0 Å². The summed E-state index contributed by atoms with van der Waals surface area (Å²) in [5.74, 6) is -0.219. The van der Waals surface area contributed by atoms with Crippen molar-refractivity contribution in [2.75, 3.05) is 7.11 Å². The maximum atomic E-state index is 10.6. The van der Waals surface area contributed by atoms with Crippen molar-refractivity contribution < 1.29 is 14.6 Å². The van der Waals surface area contributed by atoms with Gasteiger partial charge in [0, 0.05) is 17.2 Å². The zero-order valence-electron chi connectivity index (χ0n) is 11.9. The fourth-order valence-electron chi connectivity index (χ4n) is 1.84. The van der Waals surface area contributed by atoms with Crippen LogP contribution >= 0.6 is 0 Å². The van der Waals surface area contributed by atoms with Crippen LogP contribution in [-0.2, 0) is 11.2 Å². The Labute approximate surface area is 114 Å². The third-order valence-electron chi connectivity index (χ3n) is 2.85. The molecular formula is C16H20O3. The lowest BCUT2D eigenvalue weighted by Crippen LogP contribution is -1.98. The first kappa shape index (κ1) is 15.0. The molecule has 1 N–H and O–H groups in total. The summed E-state index contributed by atoms with van der Waals surface area (Å²) in [6.07, 6.45) is 5.60. The van der Waals surface area contributed by atoms with Gasteiger partial charge in [-0.15, -0.1) is 0 Å². The van der Waals surface area contributed by atoms with E-state index in [1.165, 1.54) is 5.57 Å². The van der Waals surface area contributed by atoms with Crippen LogP contribution in [0, 0.1) is 6.92 Å². The molecule has 0 heterocycles. The molecule has 0 aliphatic rings. The minimum Gasteiger partial charge on any atom is -0.496 e. The molecule has 19 heavy (non-hydrogen) atoms. The summed E-state index contributed by atoms with van der Waals surface area (Å²) in [5.41, 5.74) is 4.26. The molecule has 0 unspecified atom stereocenters. The largest absolute Gasteiger partial charge is 0.496 e. The highest BCUT2D eigenvalue weighted by molar-refractivity contribution is 5.86. The molecule has 1 aromatic carbocycles. The number of carbonyl (C=O) groups is 1. The number of rotatable bonds is 5. The SMILES string of the molecule is COc1c(/C=C\C(=O)O)ccc(C)c1CC=C(C)C. The summed E-state index contributed by atoms with van der Waals surface area (Å²) in [7, 11) is 1.61. The van der Waals surface area contributed by atoms with Crippen LogP contribution in [-0.4, -0.2) is 18.2 Å². The molecule has 0 amide bonds. The van der Waals surface area contributed by atoms with Crippen LogP contribution < -0.4 is 4.74 Å². The topological polar surface area (TPSA) is 46.5 Å². The number of hydrogen-bond donors (Lipinski definition) is 1. The molecule has 3 heteroatoms. The van der Waals surface area contributed by atoms with Crippen LogP contribution in [0.3, 0.4) is 0 Å². The van der Waals surface area contributed by atoms with Crippen LogP contribution in [0.5, 0.6) is 5.75 Å². The summed E-state index contributed by atoms with van der Waals surface area (Å²) in [6, 6.07) is 3.86. The molecule has 102 valence electrons. The molecule has 1 rings (SSSR count). The number of hydrogen-bond acceptors (Lipinski definition) is 2. The van der Waals surface area contributed by atoms with E-state index in [0.717, 1.165) is 34.9 Å². The van der Waals surface area contributed by atoms with E-state index < -0.39 is 5.97 Å². The van der Waals surface area contributed by atoms with Crippen LogP contribution in [0.25, 0.3) is 6.08 Å². The monoisotopic (exact) mass is 260 g/mol. The molecule has 0 aromatic heterocycles. The quantitative estimate of drug-likeness (QED) is 0.650. The number of allylic oxidation sites excluding steroid dienone is 2. The number of aryl methyl sites for hydroxylation is 1. The first-order valence-corrected chi connectivity index (χ1v) is 6.16. The number of carboxylic acid groups (broad SMARTS) is 1. The Balaban J connectivity index is 3.24. The Morgan fingerprint density at radius 1 is 1.37 bits per heavy atom. The van der Waals surface area contributed by atoms with E-state index in [9.17, 15) is 4.79 Å². The molecule has 0 fully saturated rings. The minimum absolute atomic E-state index is 0.745. The van der Waals surface area contributed by atoms with Crippen molar-refractivity contribution in [2.45, 2.75) is 27.2 Å². The van der Waals surface area contributed by atoms with Crippen molar-refractivity contribution in [1.29, 1.82) is 0 Å². The van der Waals surface area contributed by atoms with Gasteiger partial charge in [0.25, 0.3) is 0 Å². The zero-order valence-corrected chi connectivity index (χ0v) is 11.9. The summed E-state index contributed by atoms with van der Waals surface area (Å²) in [6.45, 7) is 6.13. The Morgan fingerprint density at radius 2 is 2.05 bits per heavy atom. The van der Waals surface area contributed by atoms with Gasteiger partial charge in [-0.3, -0.25) is 0 Å². The van der Waals surface area contributed by atoms with Crippen molar-refractivity contribution in [2.24, 2.45) is 0 Å². The second-order valence-corrected chi connectivity index (χ2v) is 4.64. The molecule has 0 saturated heterocycles. The highest BCUT2D eigenvalue weighted by atomic mass is 16.5. The lowest BCUT2D eigenvalue weighted by atomic mass is 9.99. The maximum Gasteiger partial charge on any atom is 0.328 e. The lowest BCUT2D eigenvalue weighted by Gasteiger charge is -2.13. The third kappa shape index (κ3) is 4.28. The van der Waals surface area contributed by atoms with Gasteiger partial charge in [-0.25, -0.2) is 4.79 Å². The van der Waals surface area contributed by atoms with Crippen molar-refractivity contribution in [3.8, 4) is 5.75 Å². The van der Waals surface area contributed by atoms with E-state index in [4.69, 9.17) is 9.84 Å². The molecule has 0 radical (unpaired) electrons. The van der Waals surface area contributed by atoms with Gasteiger partial charge in [-0.2, -0.15) is 0 Å². The highest BCUT2D eigenvalue weighted by Crippen LogP contribution is 2.29. The van der Waals surface area contributed by atoms with E-state index in [-0.39, 0.29) is 0 Å². The van der Waals surface area contributed by atoms with E-state index in [0.29, 0.717) is 0 Å². The Bertz CT molecular complexity index is 521. The van der Waals surface area contributed by atoms with Crippen LogP contribution in [0.1, 0.15) is 30.5 Å². The number of ether oxygens (including phenoxy) is 1. The average molecular weight is 260 g/mol. The molecule has 1 aromatic rings. The van der Waals surface area contributed by atoms with Crippen molar-refractivity contribution in [3.63, 3.8) is 0 Å². The average Bonchev–Trinajstić information content (AvgIpc) is 2.34. The second kappa shape index (κ2) is 6.78. The van der Waals surface area contributed by atoms with Gasteiger partial charge in [0.05, 0.1) is 7.11 Å². The predicted molar refractivity (Wildman–Crippen MR) is 77.5 cm³/mol. The second-order valence-electron chi connectivity index (χ2n) is 4.64. The molecule has 0 bridgehead atoms. The van der Waals surface area contributed by atoms with Crippen LogP contribution in [0.15, 0.2) is 29.9 Å². The smallest absolute Gasteiger partial charge is 0.328 e. The normalized spacial score (nSPS) is 10.5. The fraction of sp³-hybridized carbons (Fsp3) is 0.312. The number of aliphatic carboxylic acids is 1. The molecule has 0 atom stereocenters. The van der Waals surface area contributed by atoms with Gasteiger partial charge >= 0.3 is 5.97 Å². The fourth-order valence-corrected chi connectivity index (χ4v) is 1.84. The Kier molecular flexibility index (Phi) is 5.37. The van der Waals surface area contributed by atoms with Gasteiger partial charge in [0.2, 0.25) is 0 Å². The highest BCUT2D eigenvalue weighted by Gasteiger charge is 2.09. The van der Waals surface area contributed by atoms with Crippen LogP contribution in [0.2, 0.25) is 0 Å². The summed E-state index contributed by atoms with van der Waals surface area (Å²) in [4.78, 5) is 10.6. The van der Waals surface area contributed by atoms with Gasteiger partial charge in [-0.05, 0) is 38.8 Å². The molecule has 0 saturated carbocycles. The standard InChI is InChI=1S/C16H20O3/c1-11(2)5-9-14-12(3)6-7-13(16(14)19-4)8-10-15(17)18/h5-8,10H,9H2,1-4H3,(H,17,18)/b10-8-. The Hall–Kier alpha value is -2.03. The molecule has 0 spiro atoms. The van der Waals surface area contributed by atoms with E-state index in [1.54, 1.807) is 13.2 Å². The van der Waals surface area contributed by atoms with E-state index >= 15 is 0 Å².